The van der Waals surface area contributed by atoms with Gasteiger partial charge in [0.2, 0.25) is 0 Å². The van der Waals surface area contributed by atoms with Gasteiger partial charge in [0.25, 0.3) is 0 Å². The summed E-state index contributed by atoms with van der Waals surface area (Å²) >= 11 is 0. The molecule has 5 heteroatoms. The number of benzene rings is 1. The topological polar surface area (TPSA) is 43.0 Å². The minimum absolute atomic E-state index is 0.103. The maximum absolute atomic E-state index is 13.3. The van der Waals surface area contributed by atoms with Crippen LogP contribution < -0.4 is 5.32 Å². The maximum Gasteiger partial charge on any atom is 0.134 e. The first-order valence-corrected chi connectivity index (χ1v) is 6.87. The Morgan fingerprint density at radius 2 is 2.05 bits per heavy atom. The number of hydrogen-bond donors (Lipinski definition) is 1. The van der Waals surface area contributed by atoms with Crippen molar-refractivity contribution in [3.63, 3.8) is 0 Å². The van der Waals surface area contributed by atoms with Crippen LogP contribution in [0.1, 0.15) is 28.8 Å². The summed E-state index contributed by atoms with van der Waals surface area (Å²) in [5.74, 6) is 0.502. The first-order valence-electron chi connectivity index (χ1n) is 6.87. The average Bonchev–Trinajstić information content (AvgIpc) is 2.95. The molecule has 2 aromatic heterocycles. The zero-order chi connectivity index (χ0) is 15.1. The first-order chi connectivity index (χ1) is 10.0. The quantitative estimate of drug-likeness (QED) is 0.804. The van der Waals surface area contributed by atoms with Crippen molar-refractivity contribution in [3.8, 4) is 0 Å². The second-order valence-electron chi connectivity index (χ2n) is 5.26. The number of aromatic nitrogens is 2. The summed E-state index contributed by atoms with van der Waals surface area (Å²) in [6.07, 6.45) is 0. The van der Waals surface area contributed by atoms with Crippen molar-refractivity contribution < 1.29 is 8.81 Å². The van der Waals surface area contributed by atoms with Crippen LogP contribution in [0.25, 0.3) is 11.0 Å². The molecular weight excluding hydrogens is 269 g/mol. The van der Waals surface area contributed by atoms with Crippen LogP contribution in [-0.4, -0.2) is 16.8 Å². The molecule has 0 bridgehead atoms. The van der Waals surface area contributed by atoms with Crippen LogP contribution in [0.5, 0.6) is 0 Å². The Hall–Kier alpha value is -2.14. The summed E-state index contributed by atoms with van der Waals surface area (Å²) in [6.45, 7) is 4.01. The summed E-state index contributed by atoms with van der Waals surface area (Å²) in [7, 11) is 3.80. The third kappa shape index (κ3) is 2.23. The number of halogens is 1. The minimum Gasteiger partial charge on any atom is -0.459 e. The Morgan fingerprint density at radius 3 is 2.67 bits per heavy atom. The molecule has 0 saturated heterocycles. The van der Waals surface area contributed by atoms with E-state index in [1.807, 2.05) is 38.7 Å². The number of hydrogen-bond acceptors (Lipinski definition) is 3. The predicted octanol–water partition coefficient (Wildman–Crippen LogP) is 3.23. The SMILES string of the molecule is CNC(c1cc2cc(F)ccc2o1)c1c(C)nn(C)c1C. The number of nitrogens with zero attached hydrogens (tertiary/aromatic N) is 2. The van der Waals surface area contributed by atoms with Crippen molar-refractivity contribution >= 4 is 11.0 Å². The monoisotopic (exact) mass is 287 g/mol. The van der Waals surface area contributed by atoms with Gasteiger partial charge < -0.3 is 9.73 Å². The molecule has 0 aliphatic carbocycles. The van der Waals surface area contributed by atoms with Crippen molar-refractivity contribution in [2.75, 3.05) is 7.05 Å². The van der Waals surface area contributed by atoms with E-state index in [1.165, 1.54) is 12.1 Å². The van der Waals surface area contributed by atoms with E-state index in [1.54, 1.807) is 6.07 Å². The molecule has 0 spiro atoms. The molecule has 0 saturated carbocycles. The van der Waals surface area contributed by atoms with Gasteiger partial charge in [0, 0.05) is 23.7 Å². The molecule has 1 aromatic carbocycles. The van der Waals surface area contributed by atoms with Crippen molar-refractivity contribution in [2.45, 2.75) is 19.9 Å². The Bertz CT molecular complexity index is 803. The number of fused-ring (bicyclic) bond motifs is 1. The molecule has 0 fully saturated rings. The molecule has 0 aliphatic heterocycles. The maximum atomic E-state index is 13.3. The Labute approximate surface area is 122 Å². The average molecular weight is 287 g/mol. The summed E-state index contributed by atoms with van der Waals surface area (Å²) < 4.78 is 21.1. The molecule has 1 N–H and O–H groups in total. The highest BCUT2D eigenvalue weighted by molar-refractivity contribution is 5.78. The molecular formula is C16H18FN3O. The van der Waals surface area contributed by atoms with E-state index in [-0.39, 0.29) is 11.9 Å². The van der Waals surface area contributed by atoms with Gasteiger partial charge in [0.05, 0.1) is 11.7 Å². The van der Waals surface area contributed by atoms with E-state index in [9.17, 15) is 4.39 Å². The van der Waals surface area contributed by atoms with Gasteiger partial charge in [-0.3, -0.25) is 4.68 Å². The molecule has 0 radical (unpaired) electrons. The number of rotatable bonds is 3. The number of nitrogens with one attached hydrogen (secondary N) is 1. The van der Waals surface area contributed by atoms with Crippen LogP contribution in [0.2, 0.25) is 0 Å². The second kappa shape index (κ2) is 5.00. The molecule has 1 unspecified atom stereocenters. The van der Waals surface area contributed by atoms with E-state index in [0.29, 0.717) is 5.58 Å². The van der Waals surface area contributed by atoms with Crippen LogP contribution >= 0.6 is 0 Å². The number of aryl methyl sites for hydroxylation is 2. The standard InChI is InChI=1S/C16H18FN3O/c1-9-15(10(2)20(4)19-9)16(18-3)14-8-11-7-12(17)5-6-13(11)21-14/h5-8,16,18H,1-4H3. The van der Waals surface area contributed by atoms with Gasteiger partial charge in [0.1, 0.15) is 17.2 Å². The van der Waals surface area contributed by atoms with Crippen molar-refractivity contribution in [2.24, 2.45) is 7.05 Å². The van der Waals surface area contributed by atoms with Gasteiger partial charge >= 0.3 is 0 Å². The normalized spacial score (nSPS) is 13.0. The fourth-order valence-electron chi connectivity index (χ4n) is 2.81. The first kappa shape index (κ1) is 13.8. The molecule has 4 nitrogen and oxygen atoms in total. The molecule has 110 valence electrons. The smallest absolute Gasteiger partial charge is 0.134 e. The van der Waals surface area contributed by atoms with Crippen LogP contribution in [0, 0.1) is 19.7 Å². The van der Waals surface area contributed by atoms with Gasteiger partial charge in [-0.1, -0.05) is 0 Å². The third-order valence-electron chi connectivity index (χ3n) is 3.92. The zero-order valence-corrected chi connectivity index (χ0v) is 12.6. The summed E-state index contributed by atoms with van der Waals surface area (Å²) in [5.41, 5.74) is 3.82. The van der Waals surface area contributed by atoms with Crippen LogP contribution in [0.4, 0.5) is 4.39 Å². The summed E-state index contributed by atoms with van der Waals surface area (Å²) in [6, 6.07) is 6.33. The summed E-state index contributed by atoms with van der Waals surface area (Å²) in [4.78, 5) is 0. The van der Waals surface area contributed by atoms with E-state index >= 15 is 0 Å². The molecule has 3 rings (SSSR count). The van der Waals surface area contributed by atoms with Crippen molar-refractivity contribution in [3.05, 3.63) is 52.8 Å². The Kier molecular flexibility index (Phi) is 3.29. The highest BCUT2D eigenvalue weighted by Gasteiger charge is 2.23. The highest BCUT2D eigenvalue weighted by Crippen LogP contribution is 2.31. The van der Waals surface area contributed by atoms with Crippen molar-refractivity contribution in [1.82, 2.24) is 15.1 Å². The predicted molar refractivity (Wildman–Crippen MR) is 79.8 cm³/mol. The molecule has 0 amide bonds. The Morgan fingerprint density at radius 1 is 1.29 bits per heavy atom. The van der Waals surface area contributed by atoms with Crippen LogP contribution in [0.15, 0.2) is 28.7 Å². The molecule has 3 aromatic rings. The fourth-order valence-corrected chi connectivity index (χ4v) is 2.81. The number of furan rings is 1. The van der Waals surface area contributed by atoms with Crippen LogP contribution in [0.3, 0.4) is 0 Å². The van der Waals surface area contributed by atoms with E-state index in [2.05, 4.69) is 10.4 Å². The lowest BCUT2D eigenvalue weighted by Crippen LogP contribution is -2.18. The second-order valence-corrected chi connectivity index (χ2v) is 5.26. The molecule has 2 heterocycles. The molecule has 21 heavy (non-hydrogen) atoms. The minimum atomic E-state index is -0.260. The van der Waals surface area contributed by atoms with E-state index in [4.69, 9.17) is 4.42 Å². The van der Waals surface area contributed by atoms with Crippen molar-refractivity contribution in [1.29, 1.82) is 0 Å². The third-order valence-corrected chi connectivity index (χ3v) is 3.92. The van der Waals surface area contributed by atoms with Gasteiger partial charge in [-0.2, -0.15) is 5.10 Å². The van der Waals surface area contributed by atoms with Gasteiger partial charge in [0.15, 0.2) is 0 Å². The van der Waals surface area contributed by atoms with Gasteiger partial charge in [-0.15, -0.1) is 0 Å². The van der Waals surface area contributed by atoms with Gasteiger partial charge in [-0.05, 0) is 45.2 Å². The zero-order valence-electron chi connectivity index (χ0n) is 12.6. The lowest BCUT2D eigenvalue weighted by molar-refractivity contribution is 0.489. The van der Waals surface area contributed by atoms with Crippen LogP contribution in [-0.2, 0) is 7.05 Å². The highest BCUT2D eigenvalue weighted by atomic mass is 19.1. The molecule has 1 atom stereocenters. The van der Waals surface area contributed by atoms with E-state index < -0.39 is 0 Å². The Balaban J connectivity index is 2.13. The van der Waals surface area contributed by atoms with Gasteiger partial charge in [-0.25, -0.2) is 4.39 Å². The lowest BCUT2D eigenvalue weighted by Gasteiger charge is -2.14. The lowest BCUT2D eigenvalue weighted by atomic mass is 10.0. The fraction of sp³-hybridized carbons (Fsp3) is 0.312. The molecule has 0 aliphatic rings. The summed E-state index contributed by atoms with van der Waals surface area (Å²) in [5, 5.41) is 8.48. The largest absolute Gasteiger partial charge is 0.459 e. The van der Waals surface area contributed by atoms with E-state index in [0.717, 1.165) is 28.1 Å².